The fourth-order valence-electron chi connectivity index (χ4n) is 5.78. The molecule has 2 N–H and O–H groups in total. The van der Waals surface area contributed by atoms with Gasteiger partial charge in [-0.25, -0.2) is 0 Å². The summed E-state index contributed by atoms with van der Waals surface area (Å²) in [6, 6.07) is 9.31. The van der Waals surface area contributed by atoms with Crippen LogP contribution in [0.25, 0.3) is 0 Å². The van der Waals surface area contributed by atoms with Gasteiger partial charge in [0.2, 0.25) is 0 Å². The van der Waals surface area contributed by atoms with Crippen LogP contribution in [0.2, 0.25) is 0 Å². The molecule has 0 fully saturated rings. The van der Waals surface area contributed by atoms with Crippen LogP contribution in [-0.4, -0.2) is 28.1 Å². The predicted molar refractivity (Wildman–Crippen MR) is 212 cm³/mol. The monoisotopic (exact) mass is 705 g/mol. The van der Waals surface area contributed by atoms with E-state index in [1.807, 2.05) is 30.3 Å². The Morgan fingerprint density at radius 1 is 0.400 bits per heavy atom. The maximum atomic E-state index is 11.7. The summed E-state index contributed by atoms with van der Waals surface area (Å²) in [5.41, 5.74) is 0. The first kappa shape index (κ1) is 49.7. The standard InChI is InChI=1S/C20H32O2.2C12H24O2/c1-2-3-4-5-6-7-8-9-10-11-15-18-20(21)22-19-16-13-12-14-17-19;2*1-2-3-4-5-6-7-8-9-10-11-12(13)14/h12-14,16-17H,2-11,15,18H2,1H3;2*2-11H2,1H3,(H,13,14). The third-order valence-electron chi connectivity index (χ3n) is 8.95. The molecule has 0 spiro atoms. The van der Waals surface area contributed by atoms with Crippen LogP contribution in [0, 0.1) is 0 Å². The number of aliphatic carboxylic acids is 2. The van der Waals surface area contributed by atoms with E-state index < -0.39 is 11.9 Å². The van der Waals surface area contributed by atoms with E-state index in [9.17, 15) is 14.4 Å². The highest BCUT2D eigenvalue weighted by Crippen LogP contribution is 2.14. The average Bonchev–Trinajstić information content (AvgIpc) is 3.10. The number of carbonyl (C=O) groups is 3. The molecule has 0 aliphatic carbocycles. The second-order valence-corrected chi connectivity index (χ2v) is 14.0. The van der Waals surface area contributed by atoms with Crippen molar-refractivity contribution in [1.29, 1.82) is 0 Å². The van der Waals surface area contributed by atoms with Crippen LogP contribution in [0.1, 0.15) is 226 Å². The van der Waals surface area contributed by atoms with E-state index >= 15 is 0 Å². The van der Waals surface area contributed by atoms with E-state index in [-0.39, 0.29) is 5.97 Å². The molecule has 0 bridgehead atoms. The smallest absolute Gasteiger partial charge is 0.311 e. The highest BCUT2D eigenvalue weighted by atomic mass is 16.5. The van der Waals surface area contributed by atoms with E-state index in [4.69, 9.17) is 14.9 Å². The number of hydrogen-bond acceptors (Lipinski definition) is 4. The largest absolute Gasteiger partial charge is 0.481 e. The van der Waals surface area contributed by atoms with E-state index in [0.717, 1.165) is 38.5 Å². The van der Waals surface area contributed by atoms with Gasteiger partial charge in [-0.15, -0.1) is 0 Å². The van der Waals surface area contributed by atoms with Crippen LogP contribution in [-0.2, 0) is 14.4 Å². The first-order valence-corrected chi connectivity index (χ1v) is 21.1. The molecule has 0 amide bonds. The molecule has 0 aliphatic rings. The fraction of sp³-hybridized carbons (Fsp3) is 0.795. The van der Waals surface area contributed by atoms with Crippen LogP contribution >= 0.6 is 0 Å². The van der Waals surface area contributed by atoms with Crippen LogP contribution in [0.15, 0.2) is 30.3 Å². The Labute approximate surface area is 308 Å². The number of carboxylic acids is 2. The Balaban J connectivity index is 0. The lowest BCUT2D eigenvalue weighted by Crippen LogP contribution is -2.07. The van der Waals surface area contributed by atoms with Gasteiger partial charge in [-0.2, -0.15) is 0 Å². The minimum atomic E-state index is -0.659. The summed E-state index contributed by atoms with van der Waals surface area (Å²) in [6.45, 7) is 6.72. The molecule has 0 radical (unpaired) electrons. The quantitative estimate of drug-likeness (QED) is 0.0429. The molecule has 0 saturated carbocycles. The molecule has 292 valence electrons. The van der Waals surface area contributed by atoms with Crippen molar-refractivity contribution in [3.8, 4) is 5.75 Å². The van der Waals surface area contributed by atoms with Crippen LogP contribution in [0.3, 0.4) is 0 Å². The average molecular weight is 705 g/mol. The summed E-state index contributed by atoms with van der Waals surface area (Å²) in [6.07, 6.45) is 37.8. The molecule has 0 heterocycles. The second kappa shape index (κ2) is 42.8. The number of hydrogen-bond donors (Lipinski definition) is 2. The van der Waals surface area contributed by atoms with Crippen molar-refractivity contribution in [2.45, 2.75) is 226 Å². The topological polar surface area (TPSA) is 101 Å². The maximum absolute atomic E-state index is 11.7. The number of para-hydroxylation sites is 1. The number of carboxylic acid groups (broad SMARTS) is 2. The highest BCUT2D eigenvalue weighted by Gasteiger charge is 2.04. The maximum Gasteiger partial charge on any atom is 0.311 e. The molecule has 50 heavy (non-hydrogen) atoms. The normalized spacial score (nSPS) is 10.5. The first-order valence-electron chi connectivity index (χ1n) is 21.1. The molecule has 1 rings (SSSR count). The Kier molecular flexibility index (Phi) is 42.6. The van der Waals surface area contributed by atoms with Crippen molar-refractivity contribution in [3.63, 3.8) is 0 Å². The van der Waals surface area contributed by atoms with E-state index in [0.29, 0.717) is 25.0 Å². The number of benzene rings is 1. The van der Waals surface area contributed by atoms with Crippen molar-refractivity contribution in [2.24, 2.45) is 0 Å². The summed E-state index contributed by atoms with van der Waals surface area (Å²) < 4.78 is 5.27. The molecular formula is C44H80O6. The highest BCUT2D eigenvalue weighted by molar-refractivity contribution is 5.72. The van der Waals surface area contributed by atoms with Crippen LogP contribution in [0.4, 0.5) is 0 Å². The molecule has 0 atom stereocenters. The van der Waals surface area contributed by atoms with E-state index in [1.165, 1.54) is 148 Å². The van der Waals surface area contributed by atoms with Gasteiger partial charge in [-0.05, 0) is 31.4 Å². The summed E-state index contributed by atoms with van der Waals surface area (Å²) in [7, 11) is 0. The number of esters is 1. The molecular weight excluding hydrogens is 624 g/mol. The van der Waals surface area contributed by atoms with Gasteiger partial charge in [0.05, 0.1) is 0 Å². The van der Waals surface area contributed by atoms with Gasteiger partial charge < -0.3 is 14.9 Å². The van der Waals surface area contributed by atoms with E-state index in [1.54, 1.807) is 0 Å². The third kappa shape index (κ3) is 45.6. The first-order chi connectivity index (χ1) is 24.4. The Morgan fingerprint density at radius 3 is 0.940 bits per heavy atom. The third-order valence-corrected chi connectivity index (χ3v) is 8.95. The second-order valence-electron chi connectivity index (χ2n) is 14.0. The van der Waals surface area contributed by atoms with Crippen molar-refractivity contribution in [3.05, 3.63) is 30.3 Å². The van der Waals surface area contributed by atoms with Gasteiger partial charge in [-0.1, -0.05) is 206 Å². The predicted octanol–water partition coefficient (Wildman–Crippen LogP) is 14.3. The number of carbonyl (C=O) groups excluding carboxylic acids is 1. The lowest BCUT2D eigenvalue weighted by molar-refractivity contribution is -0.138. The number of unbranched alkanes of at least 4 members (excludes halogenated alkanes) is 26. The molecule has 1 aromatic carbocycles. The number of rotatable bonds is 33. The summed E-state index contributed by atoms with van der Waals surface area (Å²) >= 11 is 0. The molecule has 0 unspecified atom stereocenters. The zero-order valence-electron chi connectivity index (χ0n) is 33.0. The zero-order valence-corrected chi connectivity index (χ0v) is 33.0. The molecule has 0 aliphatic heterocycles. The van der Waals surface area contributed by atoms with E-state index in [2.05, 4.69) is 20.8 Å². The van der Waals surface area contributed by atoms with Crippen LogP contribution < -0.4 is 4.74 Å². The Morgan fingerprint density at radius 2 is 0.660 bits per heavy atom. The van der Waals surface area contributed by atoms with Gasteiger partial charge in [0.1, 0.15) is 5.75 Å². The fourth-order valence-corrected chi connectivity index (χ4v) is 5.78. The Hall–Kier alpha value is -2.37. The minimum absolute atomic E-state index is 0.109. The molecule has 0 saturated heterocycles. The van der Waals surface area contributed by atoms with Gasteiger partial charge in [-0.3, -0.25) is 14.4 Å². The SMILES string of the molecule is CCCCCCCCCCCC(=O)O.CCCCCCCCCCCC(=O)O.CCCCCCCCCCCCCC(=O)Oc1ccccc1. The lowest BCUT2D eigenvalue weighted by Gasteiger charge is -2.04. The summed E-state index contributed by atoms with van der Waals surface area (Å²) in [5, 5.41) is 16.8. The van der Waals surface area contributed by atoms with Gasteiger partial charge in [0.25, 0.3) is 0 Å². The van der Waals surface area contributed by atoms with Crippen molar-refractivity contribution in [2.75, 3.05) is 0 Å². The van der Waals surface area contributed by atoms with Crippen molar-refractivity contribution < 1.29 is 29.3 Å². The van der Waals surface area contributed by atoms with Gasteiger partial charge in [0, 0.05) is 19.3 Å². The Bertz CT molecular complexity index is 808. The van der Waals surface area contributed by atoms with Crippen LogP contribution in [0.5, 0.6) is 5.75 Å². The number of ether oxygens (including phenoxy) is 1. The van der Waals surface area contributed by atoms with Crippen molar-refractivity contribution >= 4 is 17.9 Å². The van der Waals surface area contributed by atoms with Gasteiger partial charge >= 0.3 is 17.9 Å². The van der Waals surface area contributed by atoms with Crippen molar-refractivity contribution in [1.82, 2.24) is 0 Å². The molecule has 6 heteroatoms. The molecule has 1 aromatic rings. The summed E-state index contributed by atoms with van der Waals surface area (Å²) in [4.78, 5) is 32.1. The molecule has 0 aromatic heterocycles. The molecule has 6 nitrogen and oxygen atoms in total. The summed E-state index contributed by atoms with van der Waals surface area (Å²) in [5.74, 6) is -0.779. The minimum Gasteiger partial charge on any atom is -0.481 e. The zero-order chi connectivity index (χ0) is 37.2. The van der Waals surface area contributed by atoms with Gasteiger partial charge in [0.15, 0.2) is 0 Å². The lowest BCUT2D eigenvalue weighted by atomic mass is 10.1.